The van der Waals surface area contributed by atoms with Gasteiger partial charge < -0.3 is 10.2 Å². The number of hydrogen-bond acceptors (Lipinski definition) is 6. The first-order valence-electron chi connectivity index (χ1n) is 9.96. The van der Waals surface area contributed by atoms with E-state index in [1.807, 2.05) is 7.05 Å². The van der Waals surface area contributed by atoms with E-state index in [4.69, 9.17) is 0 Å². The van der Waals surface area contributed by atoms with E-state index < -0.39 is 31.0 Å². The van der Waals surface area contributed by atoms with Crippen LogP contribution in [-0.2, 0) is 19.9 Å². The molecule has 2 aromatic rings. The second-order valence-electron chi connectivity index (χ2n) is 7.78. The second kappa shape index (κ2) is 9.07. The number of piperazine rings is 1. The van der Waals surface area contributed by atoms with E-state index in [0.29, 0.717) is 31.9 Å². The van der Waals surface area contributed by atoms with Crippen LogP contribution in [0.4, 0.5) is 5.69 Å². The number of rotatable bonds is 6. The summed E-state index contributed by atoms with van der Waals surface area (Å²) >= 11 is 0. The van der Waals surface area contributed by atoms with Crippen molar-refractivity contribution >= 4 is 31.5 Å². The van der Waals surface area contributed by atoms with E-state index in [-0.39, 0.29) is 15.4 Å². The lowest BCUT2D eigenvalue weighted by Crippen LogP contribution is -2.46. The number of sulfonamides is 1. The van der Waals surface area contributed by atoms with E-state index in [2.05, 4.69) is 10.2 Å². The van der Waals surface area contributed by atoms with Crippen LogP contribution in [0.2, 0.25) is 0 Å². The standard InChI is InChI=1S/C21H27N3O5S2/c1-16(2)30(26,27)20-7-5-4-6-19(20)21(25)22-17-8-10-18(11-9-17)31(28,29)24-14-12-23(3)13-15-24/h4-11,16H,12-15H2,1-3H3,(H,22,25). The van der Waals surface area contributed by atoms with Crippen molar-refractivity contribution in [2.24, 2.45) is 0 Å². The Labute approximate surface area is 183 Å². The van der Waals surface area contributed by atoms with Crippen molar-refractivity contribution in [3.8, 4) is 0 Å². The Bertz CT molecular complexity index is 1150. The van der Waals surface area contributed by atoms with Crippen molar-refractivity contribution in [1.29, 1.82) is 0 Å². The summed E-state index contributed by atoms with van der Waals surface area (Å²) in [5.74, 6) is -0.575. The zero-order valence-corrected chi connectivity index (χ0v) is 19.4. The minimum atomic E-state index is -3.64. The highest BCUT2D eigenvalue weighted by Crippen LogP contribution is 2.23. The first-order valence-corrected chi connectivity index (χ1v) is 12.9. The zero-order valence-electron chi connectivity index (χ0n) is 17.8. The van der Waals surface area contributed by atoms with Gasteiger partial charge in [0.15, 0.2) is 9.84 Å². The van der Waals surface area contributed by atoms with Gasteiger partial charge in [-0.05, 0) is 57.3 Å². The molecular formula is C21H27N3O5S2. The fourth-order valence-electron chi connectivity index (χ4n) is 3.24. The minimum absolute atomic E-state index is 0.0308. The molecule has 1 heterocycles. The molecular weight excluding hydrogens is 438 g/mol. The Balaban J connectivity index is 1.79. The quantitative estimate of drug-likeness (QED) is 0.700. The molecule has 1 N–H and O–H groups in total. The molecule has 0 unspecified atom stereocenters. The Hall–Kier alpha value is -2.27. The van der Waals surface area contributed by atoms with E-state index in [1.165, 1.54) is 40.7 Å². The van der Waals surface area contributed by atoms with Gasteiger partial charge in [0, 0.05) is 31.9 Å². The van der Waals surface area contributed by atoms with Gasteiger partial charge in [-0.3, -0.25) is 4.79 Å². The molecule has 1 aliphatic heterocycles. The number of benzene rings is 2. The fourth-order valence-corrected chi connectivity index (χ4v) is 5.91. The predicted molar refractivity (Wildman–Crippen MR) is 119 cm³/mol. The van der Waals surface area contributed by atoms with Crippen LogP contribution in [0.25, 0.3) is 0 Å². The molecule has 1 saturated heterocycles. The number of anilines is 1. The van der Waals surface area contributed by atoms with Crippen molar-refractivity contribution in [2.45, 2.75) is 28.9 Å². The van der Waals surface area contributed by atoms with E-state index in [0.717, 1.165) is 0 Å². The number of carbonyl (C=O) groups is 1. The van der Waals surface area contributed by atoms with Gasteiger partial charge in [-0.15, -0.1) is 0 Å². The first kappa shape index (κ1) is 23.4. The van der Waals surface area contributed by atoms with Crippen molar-refractivity contribution in [2.75, 3.05) is 38.5 Å². The number of amides is 1. The Morgan fingerprint density at radius 2 is 1.48 bits per heavy atom. The third-order valence-electron chi connectivity index (χ3n) is 5.27. The molecule has 0 spiro atoms. The zero-order chi connectivity index (χ0) is 22.8. The van der Waals surface area contributed by atoms with Crippen LogP contribution < -0.4 is 5.32 Å². The summed E-state index contributed by atoms with van der Waals surface area (Å²) in [6.07, 6.45) is 0. The van der Waals surface area contributed by atoms with Crippen molar-refractivity contribution < 1.29 is 21.6 Å². The summed E-state index contributed by atoms with van der Waals surface area (Å²) in [7, 11) is -5.29. The van der Waals surface area contributed by atoms with Gasteiger partial charge >= 0.3 is 0 Å². The molecule has 0 saturated carbocycles. The van der Waals surface area contributed by atoms with Crippen molar-refractivity contribution in [1.82, 2.24) is 9.21 Å². The normalized spacial score (nSPS) is 16.4. The number of sulfone groups is 1. The summed E-state index contributed by atoms with van der Waals surface area (Å²) < 4.78 is 52.3. The molecule has 0 atom stereocenters. The van der Waals surface area contributed by atoms with E-state index in [1.54, 1.807) is 26.0 Å². The van der Waals surface area contributed by atoms with Gasteiger partial charge in [0.1, 0.15) is 0 Å². The van der Waals surface area contributed by atoms with Crippen molar-refractivity contribution in [3.05, 3.63) is 54.1 Å². The summed E-state index contributed by atoms with van der Waals surface area (Å²) in [5, 5.41) is 1.99. The maximum atomic E-state index is 12.8. The molecule has 3 rings (SSSR count). The summed E-state index contributed by atoms with van der Waals surface area (Å²) in [6, 6.07) is 11.9. The molecule has 31 heavy (non-hydrogen) atoms. The van der Waals surface area contributed by atoms with Gasteiger partial charge in [-0.2, -0.15) is 4.31 Å². The number of likely N-dealkylation sites (N-methyl/N-ethyl adjacent to an activating group) is 1. The van der Waals surface area contributed by atoms with Crippen molar-refractivity contribution in [3.63, 3.8) is 0 Å². The van der Waals surface area contributed by atoms with Gasteiger partial charge in [-0.1, -0.05) is 12.1 Å². The maximum Gasteiger partial charge on any atom is 0.256 e. The summed E-state index contributed by atoms with van der Waals surface area (Å²) in [6.45, 7) is 5.32. The Morgan fingerprint density at radius 1 is 0.903 bits per heavy atom. The highest BCUT2D eigenvalue weighted by Gasteiger charge is 2.28. The highest BCUT2D eigenvalue weighted by molar-refractivity contribution is 7.92. The monoisotopic (exact) mass is 465 g/mol. The molecule has 168 valence electrons. The lowest BCUT2D eigenvalue weighted by atomic mass is 10.2. The molecule has 2 aromatic carbocycles. The van der Waals surface area contributed by atoms with Gasteiger partial charge in [0.05, 0.1) is 20.6 Å². The topological polar surface area (TPSA) is 104 Å². The summed E-state index contributed by atoms with van der Waals surface area (Å²) in [4.78, 5) is 14.9. The molecule has 0 aliphatic carbocycles. The Kier molecular flexibility index (Phi) is 6.85. The molecule has 0 aromatic heterocycles. The summed E-state index contributed by atoms with van der Waals surface area (Å²) in [5.41, 5.74) is 0.421. The van der Waals surface area contributed by atoms with Crippen LogP contribution in [-0.4, -0.2) is 70.4 Å². The highest BCUT2D eigenvalue weighted by atomic mass is 32.2. The van der Waals surface area contributed by atoms with Crippen LogP contribution in [0.15, 0.2) is 58.3 Å². The van der Waals surface area contributed by atoms with Gasteiger partial charge in [-0.25, -0.2) is 16.8 Å². The van der Waals surface area contributed by atoms with Gasteiger partial charge in [0.2, 0.25) is 10.0 Å². The number of nitrogens with one attached hydrogen (secondary N) is 1. The molecule has 1 fully saturated rings. The molecule has 8 nitrogen and oxygen atoms in total. The first-order chi connectivity index (χ1) is 14.5. The van der Waals surface area contributed by atoms with Crippen LogP contribution in [0.5, 0.6) is 0 Å². The maximum absolute atomic E-state index is 12.8. The Morgan fingerprint density at radius 3 is 2.06 bits per heavy atom. The molecule has 1 aliphatic rings. The lowest BCUT2D eigenvalue weighted by molar-refractivity contribution is 0.102. The average molecular weight is 466 g/mol. The molecule has 1 amide bonds. The number of hydrogen-bond donors (Lipinski definition) is 1. The van der Waals surface area contributed by atoms with Gasteiger partial charge in [0.25, 0.3) is 5.91 Å². The predicted octanol–water partition coefficient (Wildman–Crippen LogP) is 2.06. The third-order valence-corrected chi connectivity index (χ3v) is 9.39. The van der Waals surface area contributed by atoms with Crippen LogP contribution in [0.3, 0.4) is 0 Å². The molecule has 0 radical (unpaired) electrons. The largest absolute Gasteiger partial charge is 0.322 e. The van der Waals surface area contributed by atoms with Crippen LogP contribution >= 0.6 is 0 Å². The molecule has 10 heteroatoms. The SMILES string of the molecule is CC(C)S(=O)(=O)c1ccccc1C(=O)Nc1ccc(S(=O)(=O)N2CCN(C)CC2)cc1. The smallest absolute Gasteiger partial charge is 0.256 e. The van der Waals surface area contributed by atoms with E-state index >= 15 is 0 Å². The van der Waals surface area contributed by atoms with E-state index in [9.17, 15) is 21.6 Å². The molecule has 0 bridgehead atoms. The van der Waals surface area contributed by atoms with Crippen LogP contribution in [0.1, 0.15) is 24.2 Å². The third kappa shape index (κ3) is 4.98. The number of carbonyl (C=O) groups excluding carboxylic acids is 1. The fraction of sp³-hybridized carbons (Fsp3) is 0.381. The minimum Gasteiger partial charge on any atom is -0.322 e. The second-order valence-corrected chi connectivity index (χ2v) is 12.2. The van der Waals surface area contributed by atoms with Crippen LogP contribution in [0, 0.1) is 0 Å². The lowest BCUT2D eigenvalue weighted by Gasteiger charge is -2.31. The number of nitrogens with zero attached hydrogens (tertiary/aromatic N) is 2. The average Bonchev–Trinajstić information content (AvgIpc) is 2.74.